The number of aromatic nitrogens is 4. The number of carbonyl (C=O) groups excluding carboxylic acids is 2. The van der Waals surface area contributed by atoms with Crippen LogP contribution in [0.1, 0.15) is 53.6 Å². The number of hydrogen-bond donors (Lipinski definition) is 1. The second kappa shape index (κ2) is 11.2. The van der Waals surface area contributed by atoms with Gasteiger partial charge in [-0.1, -0.05) is 0 Å². The smallest absolute Gasteiger partial charge is 0.260 e. The third-order valence-electron chi connectivity index (χ3n) is 5.80. The average Bonchev–Trinajstić information content (AvgIpc) is 3.23. The lowest BCUT2D eigenvalue weighted by atomic mass is 10.1. The Hall–Kier alpha value is -3.95. The van der Waals surface area contributed by atoms with E-state index in [-0.39, 0.29) is 18.4 Å². The Bertz CT molecular complexity index is 1230. The molecular weight excluding hydrogens is 460 g/mol. The van der Waals surface area contributed by atoms with E-state index < -0.39 is 0 Å². The van der Waals surface area contributed by atoms with Crippen LogP contribution in [-0.2, 0) is 4.79 Å². The van der Waals surface area contributed by atoms with Gasteiger partial charge in [0.2, 0.25) is 0 Å². The van der Waals surface area contributed by atoms with Gasteiger partial charge >= 0.3 is 0 Å². The minimum absolute atomic E-state index is 0.0452. The molecule has 1 saturated heterocycles. The molecule has 0 aliphatic carbocycles. The maximum atomic E-state index is 13.1. The second-order valence-electron chi connectivity index (χ2n) is 8.81. The number of piperidine rings is 1. The Labute approximate surface area is 210 Å². The van der Waals surface area contributed by atoms with E-state index in [2.05, 4.69) is 20.4 Å². The van der Waals surface area contributed by atoms with E-state index in [0.29, 0.717) is 41.1 Å². The number of nitrogens with one attached hydrogen (secondary N) is 1. The van der Waals surface area contributed by atoms with Crippen LogP contribution in [0.15, 0.2) is 30.3 Å². The van der Waals surface area contributed by atoms with Gasteiger partial charge in [0, 0.05) is 36.1 Å². The molecular formula is C26H32N6O4. The van der Waals surface area contributed by atoms with Gasteiger partial charge in [0.05, 0.1) is 12.3 Å². The molecule has 36 heavy (non-hydrogen) atoms. The van der Waals surface area contributed by atoms with Crippen molar-refractivity contribution in [2.75, 3.05) is 31.6 Å². The molecule has 2 amide bonds. The van der Waals surface area contributed by atoms with Crippen LogP contribution < -0.4 is 14.8 Å². The SMILES string of the molecule is CCOc1cc(C(=O)Nc2cc(C)nn2-c2nc(C)cc(C)n2)ccc1OCC(=O)N1CCCCC1. The summed E-state index contributed by atoms with van der Waals surface area (Å²) in [6.45, 7) is 9.29. The maximum absolute atomic E-state index is 13.1. The Morgan fingerprint density at radius 3 is 2.33 bits per heavy atom. The summed E-state index contributed by atoms with van der Waals surface area (Å²) in [6, 6.07) is 8.53. The molecule has 10 nitrogen and oxygen atoms in total. The van der Waals surface area contributed by atoms with Crippen LogP contribution in [0, 0.1) is 20.8 Å². The van der Waals surface area contributed by atoms with E-state index in [1.165, 1.54) is 4.68 Å². The Morgan fingerprint density at radius 1 is 0.917 bits per heavy atom. The first kappa shape index (κ1) is 25.2. The van der Waals surface area contributed by atoms with Crippen LogP contribution in [0.5, 0.6) is 11.5 Å². The van der Waals surface area contributed by atoms with Gasteiger partial charge in [0.1, 0.15) is 5.82 Å². The number of nitrogens with zero attached hydrogens (tertiary/aromatic N) is 5. The summed E-state index contributed by atoms with van der Waals surface area (Å²) < 4.78 is 13.0. The number of carbonyl (C=O) groups is 2. The van der Waals surface area contributed by atoms with E-state index in [1.807, 2.05) is 38.7 Å². The fraction of sp³-hybridized carbons (Fsp3) is 0.423. The maximum Gasteiger partial charge on any atom is 0.260 e. The molecule has 3 aromatic rings. The van der Waals surface area contributed by atoms with Crippen molar-refractivity contribution >= 4 is 17.6 Å². The molecule has 190 valence electrons. The molecule has 1 N–H and O–H groups in total. The molecule has 0 spiro atoms. The molecule has 2 aromatic heterocycles. The highest BCUT2D eigenvalue weighted by atomic mass is 16.5. The van der Waals surface area contributed by atoms with Crippen molar-refractivity contribution in [3.63, 3.8) is 0 Å². The van der Waals surface area contributed by atoms with Crippen LogP contribution in [0.25, 0.3) is 5.95 Å². The molecule has 0 unspecified atom stereocenters. The van der Waals surface area contributed by atoms with E-state index >= 15 is 0 Å². The molecule has 10 heteroatoms. The molecule has 1 fully saturated rings. The average molecular weight is 493 g/mol. The summed E-state index contributed by atoms with van der Waals surface area (Å²) in [5, 5.41) is 7.34. The predicted molar refractivity (Wildman–Crippen MR) is 135 cm³/mol. The number of ether oxygens (including phenoxy) is 2. The van der Waals surface area contributed by atoms with E-state index in [9.17, 15) is 9.59 Å². The summed E-state index contributed by atoms with van der Waals surface area (Å²) in [6.07, 6.45) is 3.20. The Balaban J connectivity index is 1.50. The van der Waals surface area contributed by atoms with Gasteiger partial charge in [0.15, 0.2) is 18.1 Å². The molecule has 0 atom stereocenters. The van der Waals surface area contributed by atoms with Gasteiger partial charge in [-0.3, -0.25) is 9.59 Å². The zero-order chi connectivity index (χ0) is 25.7. The predicted octanol–water partition coefficient (Wildman–Crippen LogP) is 3.63. The topological polar surface area (TPSA) is 111 Å². The molecule has 1 aromatic carbocycles. The van der Waals surface area contributed by atoms with Crippen LogP contribution in [0.4, 0.5) is 5.82 Å². The molecule has 0 radical (unpaired) electrons. The monoisotopic (exact) mass is 492 g/mol. The highest BCUT2D eigenvalue weighted by molar-refractivity contribution is 6.04. The normalized spacial score (nSPS) is 13.4. The zero-order valence-corrected chi connectivity index (χ0v) is 21.2. The lowest BCUT2D eigenvalue weighted by molar-refractivity contribution is -0.134. The number of amides is 2. The van der Waals surface area contributed by atoms with Crippen molar-refractivity contribution in [2.24, 2.45) is 0 Å². The number of rotatable bonds is 8. The first-order chi connectivity index (χ1) is 17.3. The van der Waals surface area contributed by atoms with Crippen LogP contribution in [0.2, 0.25) is 0 Å². The number of hydrogen-bond acceptors (Lipinski definition) is 7. The van der Waals surface area contributed by atoms with Crippen LogP contribution in [0.3, 0.4) is 0 Å². The molecule has 1 aliphatic rings. The largest absolute Gasteiger partial charge is 0.490 e. The van der Waals surface area contributed by atoms with Crippen molar-refractivity contribution in [3.05, 3.63) is 53.0 Å². The quantitative estimate of drug-likeness (QED) is 0.511. The van der Waals surface area contributed by atoms with Crippen molar-refractivity contribution in [1.29, 1.82) is 0 Å². The van der Waals surface area contributed by atoms with Gasteiger partial charge in [-0.2, -0.15) is 9.78 Å². The second-order valence-corrected chi connectivity index (χ2v) is 8.81. The van der Waals surface area contributed by atoms with E-state index in [4.69, 9.17) is 9.47 Å². The number of aryl methyl sites for hydroxylation is 3. The zero-order valence-electron chi connectivity index (χ0n) is 21.2. The van der Waals surface area contributed by atoms with Crippen molar-refractivity contribution in [1.82, 2.24) is 24.6 Å². The molecule has 0 bridgehead atoms. The molecule has 3 heterocycles. The van der Waals surface area contributed by atoms with Gasteiger partial charge in [-0.25, -0.2) is 9.97 Å². The summed E-state index contributed by atoms with van der Waals surface area (Å²) in [5.41, 5.74) is 2.70. The van der Waals surface area contributed by atoms with Crippen molar-refractivity contribution in [2.45, 2.75) is 47.0 Å². The third kappa shape index (κ3) is 5.99. The van der Waals surface area contributed by atoms with Crippen LogP contribution in [-0.4, -0.2) is 62.8 Å². The minimum atomic E-state index is -0.350. The Morgan fingerprint density at radius 2 is 1.64 bits per heavy atom. The van der Waals surface area contributed by atoms with Crippen molar-refractivity contribution in [3.8, 4) is 17.4 Å². The number of anilines is 1. The van der Waals surface area contributed by atoms with Gasteiger partial charge in [0.25, 0.3) is 17.8 Å². The lowest BCUT2D eigenvalue weighted by Crippen LogP contribution is -2.38. The Kier molecular flexibility index (Phi) is 7.82. The summed E-state index contributed by atoms with van der Waals surface area (Å²) in [5.74, 6) is 1.26. The van der Waals surface area contributed by atoms with Gasteiger partial charge in [-0.05, 0) is 71.2 Å². The molecule has 1 aliphatic heterocycles. The summed E-state index contributed by atoms with van der Waals surface area (Å²) in [4.78, 5) is 36.3. The number of likely N-dealkylation sites (tertiary alicyclic amines) is 1. The van der Waals surface area contributed by atoms with Gasteiger partial charge in [-0.15, -0.1) is 0 Å². The highest BCUT2D eigenvalue weighted by Crippen LogP contribution is 2.29. The molecule has 4 rings (SSSR count). The fourth-order valence-corrected chi connectivity index (χ4v) is 4.14. The van der Waals surface area contributed by atoms with Gasteiger partial charge < -0.3 is 19.7 Å². The van der Waals surface area contributed by atoms with Crippen LogP contribution >= 0.6 is 0 Å². The summed E-state index contributed by atoms with van der Waals surface area (Å²) in [7, 11) is 0. The van der Waals surface area contributed by atoms with E-state index in [1.54, 1.807) is 24.3 Å². The fourth-order valence-electron chi connectivity index (χ4n) is 4.14. The first-order valence-electron chi connectivity index (χ1n) is 12.2. The third-order valence-corrected chi connectivity index (χ3v) is 5.80. The molecule has 0 saturated carbocycles. The number of benzene rings is 1. The highest BCUT2D eigenvalue weighted by Gasteiger charge is 2.19. The summed E-state index contributed by atoms with van der Waals surface area (Å²) >= 11 is 0. The standard InChI is InChI=1S/C26H32N6O4/c1-5-35-22-15-20(9-10-21(22)36-16-24(33)31-11-7-6-8-12-31)25(34)29-23-14-19(4)30-32(23)26-27-17(2)13-18(3)28-26/h9-10,13-15H,5-8,11-12,16H2,1-4H3,(H,29,34). The first-order valence-corrected chi connectivity index (χ1v) is 12.2. The minimum Gasteiger partial charge on any atom is -0.490 e. The van der Waals surface area contributed by atoms with Crippen molar-refractivity contribution < 1.29 is 19.1 Å². The van der Waals surface area contributed by atoms with E-state index in [0.717, 1.165) is 43.7 Å². The lowest BCUT2D eigenvalue weighted by Gasteiger charge is -2.26.